The van der Waals surface area contributed by atoms with Gasteiger partial charge in [-0.05, 0) is 29.8 Å². The number of hydrogen-bond donors (Lipinski definition) is 1. The van der Waals surface area contributed by atoms with E-state index in [-0.39, 0.29) is 24.2 Å². The molecule has 1 unspecified atom stereocenters. The van der Waals surface area contributed by atoms with E-state index in [9.17, 15) is 9.59 Å². The molecule has 126 valence electrons. The Labute approximate surface area is 140 Å². The van der Waals surface area contributed by atoms with Crippen LogP contribution in [-0.4, -0.2) is 30.4 Å². The van der Waals surface area contributed by atoms with Crippen LogP contribution < -0.4 is 10.1 Å². The maximum Gasteiger partial charge on any atom is 0.225 e. The summed E-state index contributed by atoms with van der Waals surface area (Å²) in [7, 11) is 1.62. The summed E-state index contributed by atoms with van der Waals surface area (Å²) < 4.78 is 10.3. The highest BCUT2D eigenvalue weighted by Crippen LogP contribution is 2.21. The second kappa shape index (κ2) is 7.21. The van der Waals surface area contributed by atoms with Gasteiger partial charge in [-0.15, -0.1) is 0 Å². The number of amides is 2. The van der Waals surface area contributed by atoms with Crippen molar-refractivity contribution in [1.29, 1.82) is 0 Å². The van der Waals surface area contributed by atoms with E-state index >= 15 is 0 Å². The smallest absolute Gasteiger partial charge is 0.225 e. The van der Waals surface area contributed by atoms with Gasteiger partial charge in [0, 0.05) is 19.5 Å². The van der Waals surface area contributed by atoms with Gasteiger partial charge in [-0.2, -0.15) is 0 Å². The summed E-state index contributed by atoms with van der Waals surface area (Å²) in [5.74, 6) is 1.05. The summed E-state index contributed by atoms with van der Waals surface area (Å²) in [6, 6.07) is 11.2. The van der Waals surface area contributed by atoms with Crippen LogP contribution in [0.5, 0.6) is 5.75 Å². The zero-order chi connectivity index (χ0) is 16.9. The average molecular weight is 328 g/mol. The molecule has 1 aromatic carbocycles. The minimum Gasteiger partial charge on any atom is -0.497 e. The van der Waals surface area contributed by atoms with Crippen molar-refractivity contribution in [3.63, 3.8) is 0 Å². The number of nitrogens with zero attached hydrogens (tertiary/aromatic N) is 1. The fraction of sp³-hybridized carbons (Fsp3) is 0.333. The molecule has 2 aromatic rings. The van der Waals surface area contributed by atoms with E-state index in [4.69, 9.17) is 9.15 Å². The molecule has 1 saturated heterocycles. The van der Waals surface area contributed by atoms with E-state index in [0.29, 0.717) is 25.4 Å². The third-order valence-electron chi connectivity index (χ3n) is 4.13. The lowest BCUT2D eigenvalue weighted by molar-refractivity contribution is -0.129. The summed E-state index contributed by atoms with van der Waals surface area (Å²) in [4.78, 5) is 26.1. The second-order valence-electron chi connectivity index (χ2n) is 5.82. The maximum absolute atomic E-state index is 12.2. The molecule has 0 spiro atoms. The number of carbonyl (C=O) groups excluding carboxylic acids is 2. The van der Waals surface area contributed by atoms with Crippen LogP contribution in [-0.2, 0) is 22.7 Å². The van der Waals surface area contributed by atoms with Crippen LogP contribution in [0.2, 0.25) is 0 Å². The zero-order valence-electron chi connectivity index (χ0n) is 13.5. The lowest BCUT2D eigenvalue weighted by Gasteiger charge is -2.17. The van der Waals surface area contributed by atoms with Gasteiger partial charge >= 0.3 is 0 Å². The van der Waals surface area contributed by atoms with Crippen LogP contribution in [0.3, 0.4) is 0 Å². The SMILES string of the molecule is COc1ccc(CN2CC(C(=O)NCc3ccco3)CC2=O)cc1. The zero-order valence-corrected chi connectivity index (χ0v) is 13.5. The summed E-state index contributed by atoms with van der Waals surface area (Å²) in [6.45, 7) is 1.29. The molecule has 0 bridgehead atoms. The van der Waals surface area contributed by atoms with Crippen LogP contribution in [0.25, 0.3) is 0 Å². The van der Waals surface area contributed by atoms with Gasteiger partial charge in [0.1, 0.15) is 11.5 Å². The van der Waals surface area contributed by atoms with Crippen LogP contribution in [0.4, 0.5) is 0 Å². The number of benzene rings is 1. The molecule has 2 amide bonds. The summed E-state index contributed by atoms with van der Waals surface area (Å²) >= 11 is 0. The molecule has 1 aromatic heterocycles. The molecular formula is C18H20N2O4. The lowest BCUT2D eigenvalue weighted by atomic mass is 10.1. The number of hydrogen-bond acceptors (Lipinski definition) is 4. The van der Waals surface area contributed by atoms with Crippen molar-refractivity contribution in [2.45, 2.75) is 19.5 Å². The largest absolute Gasteiger partial charge is 0.497 e. The van der Waals surface area contributed by atoms with Gasteiger partial charge in [0.05, 0.1) is 25.8 Å². The molecule has 1 atom stereocenters. The standard InChI is InChI=1S/C18H20N2O4/c1-23-15-6-4-13(5-7-15)11-20-12-14(9-17(20)21)18(22)19-10-16-3-2-8-24-16/h2-8,14H,9-12H2,1H3,(H,19,22). The van der Waals surface area contributed by atoms with E-state index in [1.165, 1.54) is 0 Å². The molecule has 0 radical (unpaired) electrons. The molecule has 0 aliphatic carbocycles. The highest BCUT2D eigenvalue weighted by atomic mass is 16.5. The number of ether oxygens (including phenoxy) is 1. The molecule has 2 heterocycles. The van der Waals surface area contributed by atoms with E-state index in [1.807, 2.05) is 24.3 Å². The Kier molecular flexibility index (Phi) is 4.84. The van der Waals surface area contributed by atoms with E-state index in [2.05, 4.69) is 5.32 Å². The van der Waals surface area contributed by atoms with Crippen molar-refractivity contribution < 1.29 is 18.7 Å². The third kappa shape index (κ3) is 3.76. The Balaban J connectivity index is 1.53. The quantitative estimate of drug-likeness (QED) is 0.880. The Morgan fingerprint density at radius 3 is 2.79 bits per heavy atom. The first-order chi connectivity index (χ1) is 11.7. The van der Waals surface area contributed by atoms with Crippen LogP contribution in [0, 0.1) is 5.92 Å². The van der Waals surface area contributed by atoms with Gasteiger partial charge in [-0.3, -0.25) is 9.59 Å². The van der Waals surface area contributed by atoms with Gasteiger partial charge < -0.3 is 19.4 Å². The van der Waals surface area contributed by atoms with Crippen molar-refractivity contribution in [3.8, 4) is 5.75 Å². The average Bonchev–Trinajstić information content (AvgIpc) is 3.24. The maximum atomic E-state index is 12.2. The fourth-order valence-electron chi connectivity index (χ4n) is 2.78. The lowest BCUT2D eigenvalue weighted by Crippen LogP contribution is -2.32. The van der Waals surface area contributed by atoms with Gasteiger partial charge in [0.15, 0.2) is 0 Å². The minimum atomic E-state index is -0.314. The summed E-state index contributed by atoms with van der Waals surface area (Å²) in [6.07, 6.45) is 1.82. The monoisotopic (exact) mass is 328 g/mol. The third-order valence-corrected chi connectivity index (χ3v) is 4.13. The Hall–Kier alpha value is -2.76. The van der Waals surface area contributed by atoms with Gasteiger partial charge in [-0.1, -0.05) is 12.1 Å². The first-order valence-electron chi connectivity index (χ1n) is 7.86. The number of methoxy groups -OCH3 is 1. The summed E-state index contributed by atoms with van der Waals surface area (Å²) in [5.41, 5.74) is 1.01. The molecule has 6 heteroatoms. The van der Waals surface area contributed by atoms with Crippen LogP contribution in [0.15, 0.2) is 47.1 Å². The molecule has 3 rings (SSSR count). The van der Waals surface area contributed by atoms with Crippen molar-refractivity contribution >= 4 is 11.8 Å². The number of carbonyl (C=O) groups is 2. The van der Waals surface area contributed by atoms with Gasteiger partial charge in [-0.25, -0.2) is 0 Å². The van der Waals surface area contributed by atoms with Gasteiger partial charge in [0.25, 0.3) is 0 Å². The van der Waals surface area contributed by atoms with Gasteiger partial charge in [0.2, 0.25) is 11.8 Å². The minimum absolute atomic E-state index is 0.00367. The molecule has 1 aliphatic heterocycles. The van der Waals surface area contributed by atoms with Crippen molar-refractivity contribution in [2.24, 2.45) is 5.92 Å². The van der Waals surface area contributed by atoms with Crippen LogP contribution in [0.1, 0.15) is 17.7 Å². The highest BCUT2D eigenvalue weighted by Gasteiger charge is 2.34. The van der Waals surface area contributed by atoms with E-state index < -0.39 is 0 Å². The topological polar surface area (TPSA) is 71.8 Å². The number of rotatable bonds is 6. The fourth-order valence-corrected chi connectivity index (χ4v) is 2.78. The Bertz CT molecular complexity index is 694. The Morgan fingerprint density at radius 1 is 1.33 bits per heavy atom. The van der Waals surface area contributed by atoms with Crippen molar-refractivity contribution in [1.82, 2.24) is 10.2 Å². The number of nitrogens with one attached hydrogen (secondary N) is 1. The predicted octanol–water partition coefficient (Wildman–Crippen LogP) is 1.95. The first kappa shape index (κ1) is 16.1. The molecule has 1 N–H and O–H groups in total. The molecule has 1 aliphatic rings. The second-order valence-corrected chi connectivity index (χ2v) is 5.82. The Morgan fingerprint density at radius 2 is 2.12 bits per heavy atom. The number of likely N-dealkylation sites (tertiary alicyclic amines) is 1. The molecule has 0 saturated carbocycles. The first-order valence-corrected chi connectivity index (χ1v) is 7.86. The van der Waals surface area contributed by atoms with E-state index in [1.54, 1.807) is 30.4 Å². The predicted molar refractivity (Wildman–Crippen MR) is 87.1 cm³/mol. The van der Waals surface area contributed by atoms with Crippen molar-refractivity contribution in [3.05, 3.63) is 54.0 Å². The van der Waals surface area contributed by atoms with Crippen LogP contribution >= 0.6 is 0 Å². The highest BCUT2D eigenvalue weighted by molar-refractivity contribution is 5.89. The van der Waals surface area contributed by atoms with Crippen molar-refractivity contribution in [2.75, 3.05) is 13.7 Å². The molecular weight excluding hydrogens is 308 g/mol. The normalized spacial score (nSPS) is 17.1. The number of furan rings is 1. The molecule has 6 nitrogen and oxygen atoms in total. The molecule has 1 fully saturated rings. The summed E-state index contributed by atoms with van der Waals surface area (Å²) in [5, 5.41) is 2.82. The van der Waals surface area contributed by atoms with E-state index in [0.717, 1.165) is 11.3 Å². The molecule has 24 heavy (non-hydrogen) atoms.